The van der Waals surface area contributed by atoms with E-state index in [9.17, 15) is 4.79 Å². The van der Waals surface area contributed by atoms with E-state index in [1.165, 1.54) is 0 Å². The van der Waals surface area contributed by atoms with Crippen LogP contribution < -0.4 is 4.74 Å². The maximum absolute atomic E-state index is 11.9. The molecule has 0 aliphatic carbocycles. The van der Waals surface area contributed by atoms with E-state index in [4.69, 9.17) is 4.74 Å². The van der Waals surface area contributed by atoms with Gasteiger partial charge in [-0.1, -0.05) is 30.3 Å². The van der Waals surface area contributed by atoms with Crippen LogP contribution in [0.5, 0.6) is 5.75 Å². The van der Waals surface area contributed by atoms with Gasteiger partial charge in [0.05, 0.1) is 5.56 Å². The molecule has 2 nitrogen and oxygen atoms in total. The molecule has 0 atom stereocenters. The molecule has 86 valence electrons. The molecular formula is C14H11BrO2. The van der Waals surface area contributed by atoms with Gasteiger partial charge in [-0.15, -0.1) is 0 Å². The number of ether oxygens (including phenoxy) is 1. The van der Waals surface area contributed by atoms with Crippen molar-refractivity contribution in [2.45, 2.75) is 6.92 Å². The van der Waals surface area contributed by atoms with E-state index in [1.807, 2.05) is 37.3 Å². The van der Waals surface area contributed by atoms with Crippen molar-refractivity contribution in [1.29, 1.82) is 0 Å². The molecule has 3 heteroatoms. The highest BCUT2D eigenvalue weighted by molar-refractivity contribution is 9.10. The van der Waals surface area contributed by atoms with Gasteiger partial charge in [-0.05, 0) is 46.6 Å². The minimum absolute atomic E-state index is 0.355. The predicted octanol–water partition coefficient (Wildman–Crippen LogP) is 3.98. The Labute approximate surface area is 108 Å². The van der Waals surface area contributed by atoms with E-state index in [0.29, 0.717) is 11.3 Å². The van der Waals surface area contributed by atoms with Crippen LogP contribution in [0.2, 0.25) is 0 Å². The van der Waals surface area contributed by atoms with E-state index in [-0.39, 0.29) is 5.97 Å². The molecule has 0 aromatic heterocycles. The van der Waals surface area contributed by atoms with Gasteiger partial charge in [0.2, 0.25) is 0 Å². The Balaban J connectivity index is 2.24. The van der Waals surface area contributed by atoms with Crippen molar-refractivity contribution in [2.24, 2.45) is 0 Å². The molecular weight excluding hydrogens is 280 g/mol. The third-order valence-corrected chi connectivity index (χ3v) is 3.08. The topological polar surface area (TPSA) is 26.3 Å². The molecule has 0 amide bonds. The molecule has 0 spiro atoms. The number of carbonyl (C=O) groups excluding carboxylic acids is 1. The van der Waals surface area contributed by atoms with Crippen molar-refractivity contribution in [1.82, 2.24) is 0 Å². The fraction of sp³-hybridized carbons (Fsp3) is 0.0714. The summed E-state index contributed by atoms with van der Waals surface area (Å²) in [6, 6.07) is 14.6. The van der Waals surface area contributed by atoms with Crippen LogP contribution in [0.3, 0.4) is 0 Å². The number of para-hydroxylation sites is 1. The average Bonchev–Trinajstić information content (AvgIpc) is 2.32. The zero-order chi connectivity index (χ0) is 12.3. The van der Waals surface area contributed by atoms with Gasteiger partial charge in [-0.25, -0.2) is 4.79 Å². The Morgan fingerprint density at radius 2 is 1.71 bits per heavy atom. The SMILES string of the molecule is Cc1ccccc1OC(=O)c1ccccc1Br. The summed E-state index contributed by atoms with van der Waals surface area (Å²) in [5, 5.41) is 0. The van der Waals surface area contributed by atoms with Crippen LogP contribution in [0.4, 0.5) is 0 Å². The molecule has 0 radical (unpaired) electrons. The summed E-state index contributed by atoms with van der Waals surface area (Å²) < 4.78 is 6.08. The maximum Gasteiger partial charge on any atom is 0.344 e. The summed E-state index contributed by atoms with van der Waals surface area (Å²) in [7, 11) is 0. The van der Waals surface area contributed by atoms with Gasteiger partial charge >= 0.3 is 5.97 Å². The second-order valence-electron chi connectivity index (χ2n) is 3.63. The molecule has 0 saturated heterocycles. The molecule has 0 unspecified atom stereocenters. The fourth-order valence-corrected chi connectivity index (χ4v) is 1.90. The molecule has 0 saturated carbocycles. The Bertz CT molecular complexity index is 549. The van der Waals surface area contributed by atoms with Gasteiger partial charge in [-0.2, -0.15) is 0 Å². The zero-order valence-corrected chi connectivity index (χ0v) is 10.9. The largest absolute Gasteiger partial charge is 0.423 e. The van der Waals surface area contributed by atoms with Crippen molar-refractivity contribution in [3.8, 4) is 5.75 Å². The first-order valence-corrected chi connectivity index (χ1v) is 6.00. The van der Waals surface area contributed by atoms with Gasteiger partial charge in [0.25, 0.3) is 0 Å². The first kappa shape index (κ1) is 11.9. The lowest BCUT2D eigenvalue weighted by Gasteiger charge is -2.07. The van der Waals surface area contributed by atoms with Crippen molar-refractivity contribution in [2.75, 3.05) is 0 Å². The second kappa shape index (κ2) is 5.15. The molecule has 0 aliphatic heterocycles. The highest BCUT2D eigenvalue weighted by Crippen LogP contribution is 2.21. The summed E-state index contributed by atoms with van der Waals surface area (Å²) in [6.45, 7) is 1.91. The number of benzene rings is 2. The van der Waals surface area contributed by atoms with Gasteiger partial charge in [0.15, 0.2) is 0 Å². The first-order chi connectivity index (χ1) is 8.18. The maximum atomic E-state index is 11.9. The molecule has 2 aromatic carbocycles. The van der Waals surface area contributed by atoms with E-state index in [2.05, 4.69) is 15.9 Å². The van der Waals surface area contributed by atoms with Crippen molar-refractivity contribution in [3.63, 3.8) is 0 Å². The lowest BCUT2D eigenvalue weighted by atomic mass is 10.2. The normalized spacial score (nSPS) is 10.0. The summed E-state index contributed by atoms with van der Waals surface area (Å²) in [4.78, 5) is 11.9. The Morgan fingerprint density at radius 1 is 1.06 bits per heavy atom. The molecule has 17 heavy (non-hydrogen) atoms. The van der Waals surface area contributed by atoms with Gasteiger partial charge in [0, 0.05) is 4.47 Å². The van der Waals surface area contributed by atoms with E-state index in [1.54, 1.807) is 18.2 Å². The van der Waals surface area contributed by atoms with Crippen LogP contribution in [0.25, 0.3) is 0 Å². The monoisotopic (exact) mass is 290 g/mol. The highest BCUT2D eigenvalue weighted by atomic mass is 79.9. The van der Waals surface area contributed by atoms with Gasteiger partial charge in [-0.3, -0.25) is 0 Å². The van der Waals surface area contributed by atoms with Crippen molar-refractivity contribution in [3.05, 3.63) is 64.1 Å². The number of halogens is 1. The molecule has 0 N–H and O–H groups in total. The standard InChI is InChI=1S/C14H11BrO2/c1-10-6-2-5-9-13(10)17-14(16)11-7-3-4-8-12(11)15/h2-9H,1H3. The molecule has 2 aromatic rings. The highest BCUT2D eigenvalue weighted by Gasteiger charge is 2.12. The van der Waals surface area contributed by atoms with Gasteiger partial charge < -0.3 is 4.74 Å². The Kier molecular flexibility index (Phi) is 3.59. The summed E-state index contributed by atoms with van der Waals surface area (Å²) >= 11 is 3.33. The average molecular weight is 291 g/mol. The molecule has 0 aliphatic rings. The smallest absolute Gasteiger partial charge is 0.344 e. The lowest BCUT2D eigenvalue weighted by molar-refractivity contribution is 0.0732. The number of hydrogen-bond acceptors (Lipinski definition) is 2. The van der Waals surface area contributed by atoms with Crippen LogP contribution in [0.1, 0.15) is 15.9 Å². The van der Waals surface area contributed by atoms with Crippen LogP contribution in [0, 0.1) is 6.92 Å². The third-order valence-electron chi connectivity index (χ3n) is 2.39. The Morgan fingerprint density at radius 3 is 2.41 bits per heavy atom. The number of esters is 1. The van der Waals surface area contributed by atoms with Crippen LogP contribution in [0.15, 0.2) is 53.0 Å². The number of aryl methyl sites for hydroxylation is 1. The van der Waals surface area contributed by atoms with Crippen LogP contribution in [-0.2, 0) is 0 Å². The molecule has 0 heterocycles. The quantitative estimate of drug-likeness (QED) is 0.618. The zero-order valence-electron chi connectivity index (χ0n) is 9.31. The van der Waals surface area contributed by atoms with Gasteiger partial charge in [0.1, 0.15) is 5.75 Å². The summed E-state index contributed by atoms with van der Waals surface area (Å²) in [5.41, 5.74) is 1.46. The number of hydrogen-bond donors (Lipinski definition) is 0. The Hall–Kier alpha value is -1.61. The van der Waals surface area contributed by atoms with Crippen molar-refractivity contribution < 1.29 is 9.53 Å². The molecule has 2 rings (SSSR count). The predicted molar refractivity (Wildman–Crippen MR) is 70.3 cm³/mol. The minimum Gasteiger partial charge on any atom is -0.423 e. The molecule has 0 fully saturated rings. The number of rotatable bonds is 2. The molecule has 0 bridgehead atoms. The number of carbonyl (C=O) groups is 1. The van der Waals surface area contributed by atoms with Crippen LogP contribution in [-0.4, -0.2) is 5.97 Å². The third kappa shape index (κ3) is 2.74. The second-order valence-corrected chi connectivity index (χ2v) is 4.49. The minimum atomic E-state index is -0.355. The first-order valence-electron chi connectivity index (χ1n) is 5.21. The summed E-state index contributed by atoms with van der Waals surface area (Å²) in [6.07, 6.45) is 0. The van der Waals surface area contributed by atoms with E-state index >= 15 is 0 Å². The lowest BCUT2D eigenvalue weighted by Crippen LogP contribution is -2.09. The van der Waals surface area contributed by atoms with Crippen LogP contribution >= 0.6 is 15.9 Å². The van der Waals surface area contributed by atoms with E-state index in [0.717, 1.165) is 10.0 Å². The van der Waals surface area contributed by atoms with Crippen molar-refractivity contribution >= 4 is 21.9 Å². The fourth-order valence-electron chi connectivity index (χ4n) is 1.45. The van der Waals surface area contributed by atoms with E-state index < -0.39 is 0 Å². The summed E-state index contributed by atoms with van der Waals surface area (Å²) in [5.74, 6) is 0.236.